The predicted molar refractivity (Wildman–Crippen MR) is 130 cm³/mol. The highest BCUT2D eigenvalue weighted by Gasteiger charge is 2.43. The van der Waals surface area contributed by atoms with Crippen molar-refractivity contribution in [3.8, 4) is 0 Å². The van der Waals surface area contributed by atoms with Gasteiger partial charge in [-0.15, -0.1) is 0 Å². The fourth-order valence-electron chi connectivity index (χ4n) is 4.75. The van der Waals surface area contributed by atoms with Gasteiger partial charge in [0.25, 0.3) is 11.8 Å². The minimum Gasteiger partial charge on any atom is -0.395 e. The molecule has 6 nitrogen and oxygen atoms in total. The van der Waals surface area contributed by atoms with E-state index in [2.05, 4.69) is 4.90 Å². The molecule has 168 valence electrons. The zero-order valence-corrected chi connectivity index (χ0v) is 18.7. The number of aryl methyl sites for hydroxylation is 1. The molecule has 2 amide bonds. The van der Waals surface area contributed by atoms with Gasteiger partial charge in [-0.1, -0.05) is 66.2 Å². The maximum atomic E-state index is 13.9. The number of aliphatic hydroxyl groups excluding tert-OH is 1. The standard InChI is InChI=1S/C27H27N3O3/c1-19-9-11-21(12-10-19)24-25(29-15-13-28(14-16-29)17-18-31)27(33)30(26(24)32)23-8-4-6-20-5-2-3-7-22(20)23/h2-12,31H,13-18H2,1H3. The zero-order valence-electron chi connectivity index (χ0n) is 18.7. The smallest absolute Gasteiger partial charge is 0.282 e. The number of nitrogens with zero attached hydrogens (tertiary/aromatic N) is 3. The summed E-state index contributed by atoms with van der Waals surface area (Å²) < 4.78 is 0. The minimum absolute atomic E-state index is 0.115. The number of benzene rings is 3. The molecule has 5 rings (SSSR count). The molecule has 2 aliphatic heterocycles. The Morgan fingerprint density at radius 3 is 2.24 bits per heavy atom. The molecule has 1 saturated heterocycles. The number of carbonyl (C=O) groups is 2. The maximum Gasteiger partial charge on any atom is 0.282 e. The number of hydrogen-bond donors (Lipinski definition) is 1. The third kappa shape index (κ3) is 3.81. The summed E-state index contributed by atoms with van der Waals surface area (Å²) in [5.74, 6) is -0.560. The van der Waals surface area contributed by atoms with E-state index >= 15 is 0 Å². The summed E-state index contributed by atoms with van der Waals surface area (Å²) in [6.45, 7) is 5.47. The summed E-state index contributed by atoms with van der Waals surface area (Å²) in [5.41, 5.74) is 3.40. The second kappa shape index (κ2) is 8.81. The van der Waals surface area contributed by atoms with E-state index in [-0.39, 0.29) is 18.4 Å². The molecule has 3 aromatic carbocycles. The third-order valence-corrected chi connectivity index (χ3v) is 6.51. The Bertz CT molecular complexity index is 1240. The van der Waals surface area contributed by atoms with E-state index in [1.54, 1.807) is 0 Å². The molecule has 0 atom stereocenters. The Labute approximate surface area is 193 Å². The Balaban J connectivity index is 1.59. The number of carbonyl (C=O) groups excluding carboxylic acids is 2. The number of fused-ring (bicyclic) bond motifs is 1. The van der Waals surface area contributed by atoms with Gasteiger partial charge in [-0.05, 0) is 23.9 Å². The van der Waals surface area contributed by atoms with Crippen LogP contribution in [-0.4, -0.2) is 66.1 Å². The zero-order chi connectivity index (χ0) is 22.9. The van der Waals surface area contributed by atoms with Gasteiger partial charge in [-0.2, -0.15) is 0 Å². The van der Waals surface area contributed by atoms with E-state index in [1.165, 1.54) is 4.90 Å². The van der Waals surface area contributed by atoms with E-state index in [0.717, 1.165) is 35.0 Å². The largest absolute Gasteiger partial charge is 0.395 e. The van der Waals surface area contributed by atoms with Crippen LogP contribution in [0.15, 0.2) is 72.4 Å². The van der Waals surface area contributed by atoms with Crippen LogP contribution in [0.1, 0.15) is 11.1 Å². The van der Waals surface area contributed by atoms with E-state index in [1.807, 2.05) is 78.6 Å². The van der Waals surface area contributed by atoms with Crippen LogP contribution in [0, 0.1) is 6.92 Å². The molecule has 2 heterocycles. The van der Waals surface area contributed by atoms with Crippen molar-refractivity contribution in [3.63, 3.8) is 0 Å². The highest BCUT2D eigenvalue weighted by Crippen LogP contribution is 2.38. The molecule has 33 heavy (non-hydrogen) atoms. The van der Waals surface area contributed by atoms with Crippen LogP contribution in [-0.2, 0) is 9.59 Å². The molecule has 0 unspecified atom stereocenters. The molecule has 0 aliphatic carbocycles. The summed E-state index contributed by atoms with van der Waals surface area (Å²) in [7, 11) is 0. The quantitative estimate of drug-likeness (QED) is 0.617. The number of anilines is 1. The Morgan fingerprint density at radius 2 is 1.52 bits per heavy atom. The van der Waals surface area contributed by atoms with Gasteiger partial charge >= 0.3 is 0 Å². The van der Waals surface area contributed by atoms with Gasteiger partial charge in [0.15, 0.2) is 0 Å². The molecule has 0 aromatic heterocycles. The fraction of sp³-hybridized carbons (Fsp3) is 0.259. The van der Waals surface area contributed by atoms with Crippen molar-refractivity contribution >= 4 is 33.8 Å². The fourth-order valence-corrected chi connectivity index (χ4v) is 4.75. The molecule has 1 fully saturated rings. The average molecular weight is 442 g/mol. The monoisotopic (exact) mass is 441 g/mol. The van der Waals surface area contributed by atoms with Crippen LogP contribution in [0.4, 0.5) is 5.69 Å². The van der Waals surface area contributed by atoms with Crippen molar-refractivity contribution in [2.75, 3.05) is 44.2 Å². The first-order valence-electron chi connectivity index (χ1n) is 11.3. The molecule has 0 saturated carbocycles. The van der Waals surface area contributed by atoms with E-state index in [4.69, 9.17) is 0 Å². The van der Waals surface area contributed by atoms with Gasteiger partial charge in [0.1, 0.15) is 5.70 Å². The van der Waals surface area contributed by atoms with Crippen LogP contribution in [0.3, 0.4) is 0 Å². The van der Waals surface area contributed by atoms with Crippen LogP contribution < -0.4 is 4.90 Å². The van der Waals surface area contributed by atoms with E-state index in [0.29, 0.717) is 36.6 Å². The summed E-state index contributed by atoms with van der Waals surface area (Å²) in [5, 5.41) is 11.1. The average Bonchev–Trinajstić information content (AvgIpc) is 3.10. The first-order valence-corrected chi connectivity index (χ1v) is 11.3. The SMILES string of the molecule is Cc1ccc(C2=C(N3CCN(CCO)CC3)C(=O)N(c3cccc4ccccc34)C2=O)cc1. The lowest BCUT2D eigenvalue weighted by Gasteiger charge is -2.36. The first kappa shape index (κ1) is 21.4. The van der Waals surface area contributed by atoms with Gasteiger partial charge in [-0.3, -0.25) is 14.5 Å². The molecular formula is C27H27N3O3. The van der Waals surface area contributed by atoms with E-state index < -0.39 is 0 Å². The van der Waals surface area contributed by atoms with Crippen LogP contribution in [0.2, 0.25) is 0 Å². The van der Waals surface area contributed by atoms with Crippen molar-refractivity contribution in [2.45, 2.75) is 6.92 Å². The van der Waals surface area contributed by atoms with Gasteiger partial charge in [0.05, 0.1) is 17.9 Å². The number of piperazine rings is 1. The van der Waals surface area contributed by atoms with Crippen LogP contribution in [0.25, 0.3) is 16.3 Å². The van der Waals surface area contributed by atoms with Crippen molar-refractivity contribution in [2.24, 2.45) is 0 Å². The van der Waals surface area contributed by atoms with Crippen molar-refractivity contribution < 1.29 is 14.7 Å². The van der Waals surface area contributed by atoms with Crippen molar-refractivity contribution in [3.05, 3.63) is 83.6 Å². The van der Waals surface area contributed by atoms with Gasteiger partial charge in [0.2, 0.25) is 0 Å². The molecule has 0 radical (unpaired) electrons. The number of β-amino-alcohol motifs (C(OH)–C–C–N with tert-alkyl or cyclic N) is 1. The lowest BCUT2D eigenvalue weighted by Crippen LogP contribution is -2.48. The number of imide groups is 1. The summed E-state index contributed by atoms with van der Waals surface area (Å²) in [6, 6.07) is 21.3. The third-order valence-electron chi connectivity index (χ3n) is 6.51. The second-order valence-electron chi connectivity index (χ2n) is 8.59. The normalized spacial score (nSPS) is 17.5. The Hall–Kier alpha value is -3.48. The van der Waals surface area contributed by atoms with Gasteiger partial charge in [0, 0.05) is 38.1 Å². The van der Waals surface area contributed by atoms with E-state index in [9.17, 15) is 14.7 Å². The molecule has 0 bridgehead atoms. The Morgan fingerprint density at radius 1 is 0.818 bits per heavy atom. The summed E-state index contributed by atoms with van der Waals surface area (Å²) in [4.78, 5) is 33.3. The van der Waals surface area contributed by atoms with Crippen LogP contribution in [0.5, 0.6) is 0 Å². The predicted octanol–water partition coefficient (Wildman–Crippen LogP) is 3.04. The number of aliphatic hydroxyl groups is 1. The van der Waals surface area contributed by atoms with Crippen LogP contribution >= 0.6 is 0 Å². The maximum absolute atomic E-state index is 13.9. The molecular weight excluding hydrogens is 414 g/mol. The number of amides is 2. The van der Waals surface area contributed by atoms with Gasteiger partial charge in [-0.25, -0.2) is 4.90 Å². The molecule has 0 spiro atoms. The topological polar surface area (TPSA) is 64.1 Å². The summed E-state index contributed by atoms with van der Waals surface area (Å²) in [6.07, 6.45) is 0. The van der Waals surface area contributed by atoms with Gasteiger partial charge < -0.3 is 10.0 Å². The first-order chi connectivity index (χ1) is 16.1. The van der Waals surface area contributed by atoms with Crippen molar-refractivity contribution in [1.29, 1.82) is 0 Å². The lowest BCUT2D eigenvalue weighted by atomic mass is 10.0. The second-order valence-corrected chi connectivity index (χ2v) is 8.59. The lowest BCUT2D eigenvalue weighted by molar-refractivity contribution is -0.120. The minimum atomic E-state index is -0.284. The number of hydrogen-bond acceptors (Lipinski definition) is 5. The molecule has 3 aromatic rings. The molecule has 2 aliphatic rings. The Kier molecular flexibility index (Phi) is 5.70. The summed E-state index contributed by atoms with van der Waals surface area (Å²) >= 11 is 0. The highest BCUT2D eigenvalue weighted by molar-refractivity contribution is 6.46. The highest BCUT2D eigenvalue weighted by atomic mass is 16.3. The molecule has 1 N–H and O–H groups in total. The molecule has 6 heteroatoms. The number of rotatable bonds is 5. The van der Waals surface area contributed by atoms with Crippen molar-refractivity contribution in [1.82, 2.24) is 9.80 Å².